The van der Waals surface area contributed by atoms with Crippen molar-refractivity contribution < 1.29 is 41.0 Å². The lowest BCUT2D eigenvalue weighted by Crippen LogP contribution is -2.21. The summed E-state index contributed by atoms with van der Waals surface area (Å²) < 4.78 is 65.3. The fraction of sp³-hybridized carbons (Fsp3) is 0.273. The zero-order valence-corrected chi connectivity index (χ0v) is 19.0. The Labute approximate surface area is 193 Å². The normalized spacial score (nSPS) is 14.4. The molecule has 34 heavy (non-hydrogen) atoms. The summed E-state index contributed by atoms with van der Waals surface area (Å²) in [6.07, 6.45) is -5.08. The molecule has 8 nitrogen and oxygen atoms in total. The number of aromatic nitrogens is 1. The molecule has 2 aromatic carbocycles. The maximum Gasteiger partial charge on any atom is 0.490 e. The molecule has 1 aromatic heterocycles. The van der Waals surface area contributed by atoms with Crippen molar-refractivity contribution in [1.82, 2.24) is 8.87 Å². The second kappa shape index (κ2) is 9.47. The predicted molar refractivity (Wildman–Crippen MR) is 116 cm³/mol. The van der Waals surface area contributed by atoms with Gasteiger partial charge in [0.2, 0.25) is 0 Å². The monoisotopic (exact) mass is 498 g/mol. The summed E-state index contributed by atoms with van der Waals surface area (Å²) in [6, 6.07) is 13.3. The Kier molecular flexibility index (Phi) is 7.03. The SMILES string of the molecule is CC(=O)c1cc2c3c(ccc2n1S(=O)(=O)c1ccccc1)OCCN(C)C3.O=C(O)C(F)(F)F. The Bertz CT molecular complexity index is 1330. The van der Waals surface area contributed by atoms with Crippen molar-refractivity contribution in [1.29, 1.82) is 0 Å². The fourth-order valence-corrected chi connectivity index (χ4v) is 5.03. The number of carbonyl (C=O) groups excluding carboxylic acids is 1. The first-order valence-electron chi connectivity index (χ1n) is 9.94. The van der Waals surface area contributed by atoms with E-state index in [9.17, 15) is 26.4 Å². The third kappa shape index (κ3) is 5.07. The van der Waals surface area contributed by atoms with Crippen molar-refractivity contribution in [3.8, 4) is 5.75 Å². The zero-order chi connectivity index (χ0) is 25.3. The first-order chi connectivity index (χ1) is 15.8. The number of fused-ring (bicyclic) bond motifs is 3. The smallest absolute Gasteiger partial charge is 0.490 e. The number of carboxylic acids is 1. The second-order valence-corrected chi connectivity index (χ2v) is 9.32. The van der Waals surface area contributed by atoms with E-state index in [1.54, 1.807) is 36.4 Å². The van der Waals surface area contributed by atoms with E-state index in [2.05, 4.69) is 4.90 Å². The maximum atomic E-state index is 13.3. The quantitative estimate of drug-likeness (QED) is 0.551. The second-order valence-electron chi connectivity index (χ2n) is 7.53. The van der Waals surface area contributed by atoms with Gasteiger partial charge in [-0.2, -0.15) is 13.2 Å². The van der Waals surface area contributed by atoms with E-state index in [0.29, 0.717) is 18.7 Å². The molecule has 1 aliphatic rings. The van der Waals surface area contributed by atoms with Crippen LogP contribution in [-0.4, -0.2) is 60.5 Å². The molecule has 0 amide bonds. The highest BCUT2D eigenvalue weighted by atomic mass is 32.2. The number of ketones is 1. The van der Waals surface area contributed by atoms with Crippen LogP contribution < -0.4 is 4.74 Å². The maximum absolute atomic E-state index is 13.3. The van der Waals surface area contributed by atoms with E-state index in [4.69, 9.17) is 14.6 Å². The van der Waals surface area contributed by atoms with Crippen molar-refractivity contribution in [2.24, 2.45) is 0 Å². The number of rotatable bonds is 3. The molecule has 1 N–H and O–H groups in total. The largest absolute Gasteiger partial charge is 0.492 e. The average molecular weight is 498 g/mol. The molecule has 4 rings (SSSR count). The number of halogens is 3. The number of hydrogen-bond donors (Lipinski definition) is 1. The molecule has 0 saturated carbocycles. The molecular weight excluding hydrogens is 477 g/mol. The van der Waals surface area contributed by atoms with Crippen LogP contribution in [0.1, 0.15) is 23.0 Å². The number of nitrogens with zero attached hydrogens (tertiary/aromatic N) is 2. The molecule has 0 atom stereocenters. The molecule has 2 heterocycles. The minimum Gasteiger partial charge on any atom is -0.492 e. The van der Waals surface area contributed by atoms with Crippen molar-refractivity contribution >= 4 is 32.7 Å². The first kappa shape index (κ1) is 25.2. The number of likely N-dealkylation sites (N-methyl/N-ethyl adjacent to an activating group) is 1. The van der Waals surface area contributed by atoms with Crippen LogP contribution in [0.3, 0.4) is 0 Å². The number of hydrogen-bond acceptors (Lipinski definition) is 6. The van der Waals surface area contributed by atoms with Gasteiger partial charge in [-0.1, -0.05) is 18.2 Å². The summed E-state index contributed by atoms with van der Waals surface area (Å²) >= 11 is 0. The lowest BCUT2D eigenvalue weighted by atomic mass is 10.1. The van der Waals surface area contributed by atoms with Gasteiger partial charge < -0.3 is 9.84 Å². The van der Waals surface area contributed by atoms with Gasteiger partial charge in [0.15, 0.2) is 5.78 Å². The molecule has 0 saturated heterocycles. The van der Waals surface area contributed by atoms with Gasteiger partial charge in [-0.05, 0) is 37.4 Å². The standard InChI is InChI=1S/C20H20N2O4S.C2HF3O2/c1-14(23)19-12-16-17-13-21(2)10-11-26-20(17)9-8-18(16)22(19)27(24,25)15-6-4-3-5-7-15;3-2(4,5)1(6)7/h3-9,12H,10-11,13H2,1-2H3;(H,6,7). The van der Waals surface area contributed by atoms with Gasteiger partial charge in [0.1, 0.15) is 18.1 Å². The fourth-order valence-electron chi connectivity index (χ4n) is 3.46. The van der Waals surface area contributed by atoms with Crippen LogP contribution in [0.5, 0.6) is 5.75 Å². The van der Waals surface area contributed by atoms with Crippen molar-refractivity contribution in [2.75, 3.05) is 20.2 Å². The molecule has 3 aromatic rings. The van der Waals surface area contributed by atoms with Gasteiger partial charge in [-0.25, -0.2) is 17.2 Å². The van der Waals surface area contributed by atoms with E-state index < -0.39 is 22.2 Å². The molecule has 0 spiro atoms. The number of carbonyl (C=O) groups is 2. The molecule has 0 radical (unpaired) electrons. The lowest BCUT2D eigenvalue weighted by Gasteiger charge is -2.13. The van der Waals surface area contributed by atoms with Gasteiger partial charge in [0.25, 0.3) is 10.0 Å². The number of Topliss-reactive ketones (excluding diaryl/α,β-unsaturated/α-hetero) is 1. The molecule has 0 aliphatic carbocycles. The van der Waals surface area contributed by atoms with Crippen molar-refractivity contribution in [3.05, 3.63) is 59.8 Å². The van der Waals surface area contributed by atoms with E-state index in [1.807, 2.05) is 7.05 Å². The topological polar surface area (TPSA) is 106 Å². The third-order valence-electron chi connectivity index (χ3n) is 5.05. The molecule has 1 aliphatic heterocycles. The number of aliphatic carboxylic acids is 1. The van der Waals surface area contributed by atoms with Crippen LogP contribution in [0.4, 0.5) is 13.2 Å². The minimum absolute atomic E-state index is 0.147. The molecule has 0 bridgehead atoms. The van der Waals surface area contributed by atoms with Crippen molar-refractivity contribution in [3.63, 3.8) is 0 Å². The Morgan fingerprint density at radius 1 is 1.09 bits per heavy atom. The Morgan fingerprint density at radius 2 is 1.71 bits per heavy atom. The third-order valence-corrected chi connectivity index (χ3v) is 6.79. The van der Waals surface area contributed by atoms with Gasteiger partial charge in [0, 0.05) is 31.0 Å². The van der Waals surface area contributed by atoms with Crippen LogP contribution >= 0.6 is 0 Å². The van der Waals surface area contributed by atoms with E-state index in [1.165, 1.54) is 19.1 Å². The van der Waals surface area contributed by atoms with Gasteiger partial charge in [-0.3, -0.25) is 9.69 Å². The van der Waals surface area contributed by atoms with Gasteiger partial charge in [-0.15, -0.1) is 0 Å². The molecule has 0 unspecified atom stereocenters. The highest BCUT2D eigenvalue weighted by Gasteiger charge is 2.38. The summed E-state index contributed by atoms with van der Waals surface area (Å²) in [5.41, 5.74) is 1.54. The highest BCUT2D eigenvalue weighted by molar-refractivity contribution is 7.90. The van der Waals surface area contributed by atoms with Crippen LogP contribution in [0.15, 0.2) is 53.4 Å². The molecule has 12 heteroatoms. The summed E-state index contributed by atoms with van der Waals surface area (Å²) in [4.78, 5) is 23.4. The van der Waals surface area contributed by atoms with E-state index in [-0.39, 0.29) is 16.4 Å². The Hall–Kier alpha value is -3.38. The predicted octanol–water partition coefficient (Wildman–Crippen LogP) is 3.54. The van der Waals surface area contributed by atoms with E-state index >= 15 is 0 Å². The Balaban J connectivity index is 0.000000406. The van der Waals surface area contributed by atoms with Crippen LogP contribution in [0.25, 0.3) is 10.9 Å². The van der Waals surface area contributed by atoms with Crippen LogP contribution in [0, 0.1) is 0 Å². The molecular formula is C22H21F3N2O6S. The van der Waals surface area contributed by atoms with E-state index in [0.717, 1.165) is 27.2 Å². The average Bonchev–Trinajstić information content (AvgIpc) is 3.06. The summed E-state index contributed by atoms with van der Waals surface area (Å²) in [7, 11) is -1.92. The Morgan fingerprint density at radius 3 is 2.26 bits per heavy atom. The minimum atomic E-state index is -5.08. The zero-order valence-electron chi connectivity index (χ0n) is 18.2. The number of benzene rings is 2. The molecule has 182 valence electrons. The highest BCUT2D eigenvalue weighted by Crippen LogP contribution is 2.35. The summed E-state index contributed by atoms with van der Waals surface area (Å²) in [5, 5.41) is 7.85. The van der Waals surface area contributed by atoms with Gasteiger partial charge in [0.05, 0.1) is 10.4 Å². The first-order valence-corrected chi connectivity index (χ1v) is 11.4. The van der Waals surface area contributed by atoms with Crippen LogP contribution in [-0.2, 0) is 21.4 Å². The molecule has 0 fully saturated rings. The number of ether oxygens (including phenoxy) is 1. The number of alkyl halides is 3. The summed E-state index contributed by atoms with van der Waals surface area (Å²) in [5.74, 6) is -2.33. The van der Waals surface area contributed by atoms with Crippen LogP contribution in [0.2, 0.25) is 0 Å². The van der Waals surface area contributed by atoms with Crippen molar-refractivity contribution in [2.45, 2.75) is 24.5 Å². The van der Waals surface area contributed by atoms with Gasteiger partial charge >= 0.3 is 12.1 Å². The number of carboxylic acid groups (broad SMARTS) is 1. The summed E-state index contributed by atoms with van der Waals surface area (Å²) in [6.45, 7) is 3.35. The lowest BCUT2D eigenvalue weighted by molar-refractivity contribution is -0.192.